The monoisotopic (exact) mass is 288 g/mol. The Balaban J connectivity index is 2.91. The fraction of sp³-hybridized carbons (Fsp3) is 0.222. The van der Waals surface area contributed by atoms with E-state index in [0.717, 1.165) is 0 Å². The van der Waals surface area contributed by atoms with E-state index in [4.69, 9.17) is 10.8 Å². The van der Waals surface area contributed by atoms with Crippen molar-refractivity contribution in [2.24, 2.45) is 5.73 Å². The second-order valence-electron chi connectivity index (χ2n) is 3.18. The summed E-state index contributed by atoms with van der Waals surface area (Å²) in [4.78, 5) is 20.5. The summed E-state index contributed by atoms with van der Waals surface area (Å²) >= 11 is 3.14. The van der Waals surface area contributed by atoms with Crippen molar-refractivity contribution >= 4 is 27.6 Å². The summed E-state index contributed by atoms with van der Waals surface area (Å²) in [5, 5.41) is 19.1. The van der Waals surface area contributed by atoms with Crippen molar-refractivity contribution in [1.82, 2.24) is 0 Å². The van der Waals surface area contributed by atoms with Gasteiger partial charge in [0.05, 0.1) is 4.92 Å². The molecule has 6 nitrogen and oxygen atoms in total. The number of nitro groups is 1. The summed E-state index contributed by atoms with van der Waals surface area (Å²) in [7, 11) is 0. The predicted octanol–water partition coefficient (Wildman–Crippen LogP) is 1.31. The van der Waals surface area contributed by atoms with Crippen molar-refractivity contribution in [2.75, 3.05) is 0 Å². The van der Waals surface area contributed by atoms with E-state index in [0.29, 0.717) is 10.0 Å². The van der Waals surface area contributed by atoms with Gasteiger partial charge in [0.15, 0.2) is 0 Å². The topological polar surface area (TPSA) is 106 Å². The van der Waals surface area contributed by atoms with E-state index < -0.39 is 16.9 Å². The van der Waals surface area contributed by atoms with E-state index in [2.05, 4.69) is 15.9 Å². The van der Waals surface area contributed by atoms with Crippen molar-refractivity contribution in [2.45, 2.75) is 12.5 Å². The standard InChI is InChI=1S/C9H9BrN2O4/c10-7-4-6(12(15)16)2-1-5(7)3-8(11)9(13)14/h1-2,4,8H,3,11H2,(H,13,14)/t8-/m0/s1. The van der Waals surface area contributed by atoms with Crippen LogP contribution in [0.2, 0.25) is 0 Å². The molecule has 1 aromatic rings. The van der Waals surface area contributed by atoms with Gasteiger partial charge in [-0.25, -0.2) is 0 Å². The maximum atomic E-state index is 10.5. The molecule has 1 rings (SSSR count). The summed E-state index contributed by atoms with van der Waals surface area (Å²) in [6.45, 7) is 0. The number of nitrogens with zero attached hydrogens (tertiary/aromatic N) is 1. The normalized spacial score (nSPS) is 12.1. The Morgan fingerprint density at radius 1 is 1.62 bits per heavy atom. The molecule has 7 heteroatoms. The molecule has 0 amide bonds. The van der Waals surface area contributed by atoms with Gasteiger partial charge in [0.25, 0.3) is 5.69 Å². The Hall–Kier alpha value is -1.47. The van der Waals surface area contributed by atoms with Crippen LogP contribution in [0.1, 0.15) is 5.56 Å². The SMILES string of the molecule is N[C@@H](Cc1ccc([N+](=O)[O-])cc1Br)C(=O)O. The Morgan fingerprint density at radius 3 is 2.69 bits per heavy atom. The summed E-state index contributed by atoms with van der Waals surface area (Å²) in [6.07, 6.45) is 0.119. The molecule has 1 atom stereocenters. The van der Waals surface area contributed by atoms with E-state index in [9.17, 15) is 14.9 Å². The molecule has 16 heavy (non-hydrogen) atoms. The van der Waals surface area contributed by atoms with Gasteiger partial charge in [0, 0.05) is 16.6 Å². The molecule has 0 heterocycles. The molecule has 0 radical (unpaired) electrons. The third-order valence-electron chi connectivity index (χ3n) is 2.00. The Bertz CT molecular complexity index is 436. The Kier molecular flexibility index (Phi) is 3.97. The first-order chi connectivity index (χ1) is 7.41. The van der Waals surface area contributed by atoms with Crippen LogP contribution in [0.3, 0.4) is 0 Å². The van der Waals surface area contributed by atoms with Crippen molar-refractivity contribution < 1.29 is 14.8 Å². The fourth-order valence-corrected chi connectivity index (χ4v) is 1.67. The zero-order valence-electron chi connectivity index (χ0n) is 8.09. The average Bonchev–Trinajstić information content (AvgIpc) is 2.20. The summed E-state index contributed by atoms with van der Waals surface area (Å²) in [5.74, 6) is -1.11. The van der Waals surface area contributed by atoms with Crippen LogP contribution in [0.15, 0.2) is 22.7 Å². The van der Waals surface area contributed by atoms with Crippen molar-refractivity contribution in [3.63, 3.8) is 0 Å². The molecule has 3 N–H and O–H groups in total. The molecular formula is C9H9BrN2O4. The van der Waals surface area contributed by atoms with Gasteiger partial charge in [-0.2, -0.15) is 0 Å². The van der Waals surface area contributed by atoms with E-state index in [1.807, 2.05) is 0 Å². The van der Waals surface area contributed by atoms with Gasteiger partial charge in [-0.1, -0.05) is 22.0 Å². The number of carboxylic acid groups (broad SMARTS) is 1. The van der Waals surface area contributed by atoms with Crippen LogP contribution in [0.5, 0.6) is 0 Å². The molecule has 0 aliphatic heterocycles. The number of non-ortho nitro benzene ring substituents is 1. The van der Waals surface area contributed by atoms with Crippen LogP contribution in [0.25, 0.3) is 0 Å². The molecular weight excluding hydrogens is 280 g/mol. The van der Waals surface area contributed by atoms with Gasteiger partial charge in [-0.3, -0.25) is 14.9 Å². The second-order valence-corrected chi connectivity index (χ2v) is 4.04. The number of rotatable bonds is 4. The number of carboxylic acids is 1. The molecule has 0 saturated carbocycles. The van der Waals surface area contributed by atoms with Crippen LogP contribution in [0.4, 0.5) is 5.69 Å². The highest BCUT2D eigenvalue weighted by atomic mass is 79.9. The minimum atomic E-state index is -1.11. The molecule has 0 aliphatic rings. The van der Waals surface area contributed by atoms with Crippen LogP contribution in [0, 0.1) is 10.1 Å². The number of hydrogen-bond acceptors (Lipinski definition) is 4. The third kappa shape index (κ3) is 3.01. The number of carbonyl (C=O) groups is 1. The van der Waals surface area contributed by atoms with Crippen LogP contribution in [-0.2, 0) is 11.2 Å². The average molecular weight is 289 g/mol. The minimum absolute atomic E-state index is 0.0560. The van der Waals surface area contributed by atoms with Gasteiger partial charge in [0.2, 0.25) is 0 Å². The van der Waals surface area contributed by atoms with E-state index >= 15 is 0 Å². The highest BCUT2D eigenvalue weighted by molar-refractivity contribution is 9.10. The third-order valence-corrected chi connectivity index (χ3v) is 2.74. The minimum Gasteiger partial charge on any atom is -0.480 e. The van der Waals surface area contributed by atoms with Gasteiger partial charge < -0.3 is 10.8 Å². The second kappa shape index (κ2) is 5.04. The molecule has 0 saturated heterocycles. The maximum Gasteiger partial charge on any atom is 0.320 e. The molecule has 0 bridgehead atoms. The van der Waals surface area contributed by atoms with Crippen LogP contribution in [-0.4, -0.2) is 22.0 Å². The largest absolute Gasteiger partial charge is 0.480 e. The van der Waals surface area contributed by atoms with Crippen LogP contribution < -0.4 is 5.73 Å². The summed E-state index contributed by atoms with van der Waals surface area (Å²) in [6, 6.07) is 3.11. The first kappa shape index (κ1) is 12.6. The predicted molar refractivity (Wildman–Crippen MR) is 60.1 cm³/mol. The molecule has 86 valence electrons. The number of aliphatic carboxylic acids is 1. The first-order valence-corrected chi connectivity index (χ1v) is 5.12. The highest BCUT2D eigenvalue weighted by Crippen LogP contribution is 2.23. The van der Waals surface area contributed by atoms with Gasteiger partial charge in [-0.15, -0.1) is 0 Å². The number of benzene rings is 1. The smallest absolute Gasteiger partial charge is 0.320 e. The Morgan fingerprint density at radius 2 is 2.25 bits per heavy atom. The summed E-state index contributed by atoms with van der Waals surface area (Å²) in [5.41, 5.74) is 5.93. The molecule has 0 spiro atoms. The van der Waals surface area contributed by atoms with E-state index in [1.54, 1.807) is 0 Å². The quantitative estimate of drug-likeness (QED) is 0.642. The summed E-state index contributed by atoms with van der Waals surface area (Å²) < 4.78 is 0.485. The fourth-order valence-electron chi connectivity index (χ4n) is 1.14. The zero-order valence-corrected chi connectivity index (χ0v) is 9.68. The lowest BCUT2D eigenvalue weighted by Gasteiger charge is -2.07. The molecule has 0 unspecified atom stereocenters. The lowest BCUT2D eigenvalue weighted by molar-refractivity contribution is -0.384. The highest BCUT2D eigenvalue weighted by Gasteiger charge is 2.15. The van der Waals surface area contributed by atoms with Crippen molar-refractivity contribution in [3.05, 3.63) is 38.3 Å². The first-order valence-electron chi connectivity index (χ1n) is 4.33. The maximum absolute atomic E-state index is 10.5. The molecule has 0 aliphatic carbocycles. The van der Waals surface area contributed by atoms with Crippen molar-refractivity contribution in [1.29, 1.82) is 0 Å². The number of hydrogen-bond donors (Lipinski definition) is 2. The zero-order chi connectivity index (χ0) is 12.3. The lowest BCUT2D eigenvalue weighted by Crippen LogP contribution is -2.32. The molecule has 0 aromatic heterocycles. The van der Waals surface area contributed by atoms with Gasteiger partial charge >= 0.3 is 5.97 Å². The van der Waals surface area contributed by atoms with Crippen molar-refractivity contribution in [3.8, 4) is 0 Å². The lowest BCUT2D eigenvalue weighted by atomic mass is 10.1. The van der Waals surface area contributed by atoms with Crippen LogP contribution >= 0.6 is 15.9 Å². The molecule has 0 fully saturated rings. The van der Waals surface area contributed by atoms with E-state index in [1.165, 1.54) is 18.2 Å². The number of nitro benzene ring substituents is 1. The molecule has 1 aromatic carbocycles. The van der Waals surface area contributed by atoms with E-state index in [-0.39, 0.29) is 12.1 Å². The Labute approximate surface area is 99.3 Å². The van der Waals surface area contributed by atoms with Gasteiger partial charge in [0.1, 0.15) is 6.04 Å². The van der Waals surface area contributed by atoms with Gasteiger partial charge in [-0.05, 0) is 12.0 Å². The number of halogens is 1. The number of nitrogens with two attached hydrogens (primary N) is 1.